The highest BCUT2D eigenvalue weighted by Gasteiger charge is 2.11. The van der Waals surface area contributed by atoms with Gasteiger partial charge < -0.3 is 10.4 Å². The van der Waals surface area contributed by atoms with Crippen LogP contribution in [0, 0.1) is 0 Å². The van der Waals surface area contributed by atoms with Crippen LogP contribution in [0.15, 0.2) is 0 Å². The minimum Gasteiger partial charge on any atom is -0.395 e. The molecule has 0 bridgehead atoms. The Balaban J connectivity index is 2.72. The largest absolute Gasteiger partial charge is 0.395 e. The molecule has 0 saturated heterocycles. The van der Waals surface area contributed by atoms with Crippen LogP contribution in [-0.4, -0.2) is 28.0 Å². The Morgan fingerprint density at radius 1 is 1.57 bits per heavy atom. The normalized spacial score (nSPS) is 10.9. The van der Waals surface area contributed by atoms with Gasteiger partial charge >= 0.3 is 0 Å². The lowest BCUT2D eigenvalue weighted by Crippen LogP contribution is -2.18. The van der Waals surface area contributed by atoms with Crippen molar-refractivity contribution in [2.75, 3.05) is 13.2 Å². The summed E-state index contributed by atoms with van der Waals surface area (Å²) >= 11 is 6.07. The van der Waals surface area contributed by atoms with Crippen LogP contribution in [0.4, 0.5) is 0 Å². The van der Waals surface area contributed by atoms with Gasteiger partial charge in [0.15, 0.2) is 0 Å². The van der Waals surface area contributed by atoms with Crippen LogP contribution in [0.5, 0.6) is 0 Å². The SMILES string of the molecule is CCc1nn(C)c(Cl)c1CNCCO. The fourth-order valence-electron chi connectivity index (χ4n) is 1.35. The Hall–Kier alpha value is -0.580. The van der Waals surface area contributed by atoms with Crippen molar-refractivity contribution in [3.8, 4) is 0 Å². The van der Waals surface area contributed by atoms with Crippen LogP contribution in [0.1, 0.15) is 18.2 Å². The van der Waals surface area contributed by atoms with Crippen LogP contribution in [0.2, 0.25) is 5.15 Å². The number of aryl methyl sites for hydroxylation is 2. The molecule has 0 aliphatic carbocycles. The molecule has 0 amide bonds. The number of aliphatic hydroxyl groups excluding tert-OH is 1. The molecule has 80 valence electrons. The molecule has 1 rings (SSSR count). The number of nitrogens with zero attached hydrogens (tertiary/aromatic N) is 2. The summed E-state index contributed by atoms with van der Waals surface area (Å²) in [4.78, 5) is 0. The lowest BCUT2D eigenvalue weighted by Gasteiger charge is -2.02. The first-order valence-electron chi connectivity index (χ1n) is 4.72. The van der Waals surface area contributed by atoms with Gasteiger partial charge in [-0.05, 0) is 6.42 Å². The van der Waals surface area contributed by atoms with E-state index >= 15 is 0 Å². The monoisotopic (exact) mass is 217 g/mol. The van der Waals surface area contributed by atoms with Gasteiger partial charge in [0.05, 0.1) is 12.3 Å². The van der Waals surface area contributed by atoms with Crippen molar-refractivity contribution < 1.29 is 5.11 Å². The van der Waals surface area contributed by atoms with Crippen molar-refractivity contribution in [1.82, 2.24) is 15.1 Å². The zero-order valence-electron chi connectivity index (χ0n) is 8.55. The summed E-state index contributed by atoms with van der Waals surface area (Å²) in [5, 5.41) is 16.7. The standard InChI is InChI=1S/C9H16ClN3O/c1-3-8-7(6-11-4-5-14)9(10)13(2)12-8/h11,14H,3-6H2,1-2H3. The Labute approximate surface area is 88.9 Å². The molecule has 2 N–H and O–H groups in total. The molecule has 1 heterocycles. The molecule has 0 saturated carbocycles. The van der Waals surface area contributed by atoms with E-state index in [0.29, 0.717) is 18.2 Å². The molecule has 1 aromatic rings. The van der Waals surface area contributed by atoms with Crippen LogP contribution in [0.25, 0.3) is 0 Å². The van der Waals surface area contributed by atoms with Crippen LogP contribution in [0.3, 0.4) is 0 Å². The summed E-state index contributed by atoms with van der Waals surface area (Å²) < 4.78 is 1.68. The Bertz CT molecular complexity index is 298. The predicted octanol–water partition coefficient (Wildman–Crippen LogP) is 0.718. The molecule has 0 aliphatic rings. The molecule has 0 unspecified atom stereocenters. The molecule has 0 atom stereocenters. The van der Waals surface area contributed by atoms with Gasteiger partial charge in [0, 0.05) is 25.7 Å². The van der Waals surface area contributed by atoms with Crippen molar-refractivity contribution in [2.45, 2.75) is 19.9 Å². The molecule has 1 aromatic heterocycles. The first kappa shape index (κ1) is 11.5. The Kier molecular flexibility index (Phi) is 4.38. The summed E-state index contributed by atoms with van der Waals surface area (Å²) in [5.74, 6) is 0. The fraction of sp³-hybridized carbons (Fsp3) is 0.667. The summed E-state index contributed by atoms with van der Waals surface area (Å²) in [6.45, 7) is 3.43. The van der Waals surface area contributed by atoms with Gasteiger partial charge in [-0.25, -0.2) is 0 Å². The summed E-state index contributed by atoms with van der Waals surface area (Å²) in [7, 11) is 1.83. The first-order valence-corrected chi connectivity index (χ1v) is 5.10. The molecule has 0 aliphatic heterocycles. The molecule has 0 aromatic carbocycles. The number of rotatable bonds is 5. The summed E-state index contributed by atoms with van der Waals surface area (Å²) in [5.41, 5.74) is 2.05. The fourth-order valence-corrected chi connectivity index (χ4v) is 1.56. The van der Waals surface area contributed by atoms with E-state index in [2.05, 4.69) is 10.4 Å². The smallest absolute Gasteiger partial charge is 0.131 e. The second kappa shape index (κ2) is 5.34. The minimum atomic E-state index is 0.138. The molecule has 14 heavy (non-hydrogen) atoms. The molecular formula is C9H16ClN3O. The highest BCUT2D eigenvalue weighted by atomic mass is 35.5. The number of hydrogen-bond acceptors (Lipinski definition) is 3. The Morgan fingerprint density at radius 2 is 2.29 bits per heavy atom. The van der Waals surface area contributed by atoms with Crippen LogP contribution in [-0.2, 0) is 20.0 Å². The van der Waals surface area contributed by atoms with Crippen molar-refractivity contribution in [2.24, 2.45) is 7.05 Å². The van der Waals surface area contributed by atoms with E-state index in [9.17, 15) is 0 Å². The van der Waals surface area contributed by atoms with Crippen LogP contribution >= 0.6 is 11.6 Å². The van der Waals surface area contributed by atoms with Crippen molar-refractivity contribution in [1.29, 1.82) is 0 Å². The van der Waals surface area contributed by atoms with Gasteiger partial charge in [-0.3, -0.25) is 4.68 Å². The molecule has 0 fully saturated rings. The first-order chi connectivity index (χ1) is 6.70. The van der Waals surface area contributed by atoms with E-state index < -0.39 is 0 Å². The van der Waals surface area contributed by atoms with E-state index in [1.54, 1.807) is 4.68 Å². The zero-order chi connectivity index (χ0) is 10.6. The Morgan fingerprint density at radius 3 is 2.86 bits per heavy atom. The molecule has 5 heteroatoms. The highest BCUT2D eigenvalue weighted by Crippen LogP contribution is 2.19. The molecular weight excluding hydrogens is 202 g/mol. The van der Waals surface area contributed by atoms with Crippen molar-refractivity contribution in [3.63, 3.8) is 0 Å². The van der Waals surface area contributed by atoms with E-state index in [1.165, 1.54) is 0 Å². The van der Waals surface area contributed by atoms with E-state index in [1.807, 2.05) is 14.0 Å². The van der Waals surface area contributed by atoms with Gasteiger partial charge in [-0.1, -0.05) is 18.5 Å². The quantitative estimate of drug-likeness (QED) is 0.715. The second-order valence-electron chi connectivity index (χ2n) is 3.09. The molecule has 4 nitrogen and oxygen atoms in total. The second-order valence-corrected chi connectivity index (χ2v) is 3.45. The third-order valence-electron chi connectivity index (χ3n) is 2.08. The highest BCUT2D eigenvalue weighted by molar-refractivity contribution is 6.30. The van der Waals surface area contributed by atoms with Crippen molar-refractivity contribution >= 4 is 11.6 Å². The number of hydrogen-bond donors (Lipinski definition) is 2. The van der Waals surface area contributed by atoms with Gasteiger partial charge in [0.2, 0.25) is 0 Å². The van der Waals surface area contributed by atoms with E-state index in [-0.39, 0.29) is 6.61 Å². The number of nitrogens with one attached hydrogen (secondary N) is 1. The predicted molar refractivity (Wildman–Crippen MR) is 56.4 cm³/mol. The maximum atomic E-state index is 8.63. The average Bonchev–Trinajstić information content (AvgIpc) is 2.45. The van der Waals surface area contributed by atoms with Gasteiger partial charge in [0.25, 0.3) is 0 Å². The number of aliphatic hydroxyl groups is 1. The van der Waals surface area contributed by atoms with Gasteiger partial charge in [-0.15, -0.1) is 0 Å². The van der Waals surface area contributed by atoms with E-state index in [0.717, 1.165) is 17.7 Å². The lowest BCUT2D eigenvalue weighted by atomic mass is 10.2. The maximum absolute atomic E-state index is 8.63. The van der Waals surface area contributed by atoms with Crippen molar-refractivity contribution in [3.05, 3.63) is 16.4 Å². The third-order valence-corrected chi connectivity index (χ3v) is 2.55. The molecule has 0 radical (unpaired) electrons. The third kappa shape index (κ3) is 2.47. The number of aromatic nitrogens is 2. The number of halogens is 1. The minimum absolute atomic E-state index is 0.138. The summed E-state index contributed by atoms with van der Waals surface area (Å²) in [6, 6.07) is 0. The van der Waals surface area contributed by atoms with Gasteiger partial charge in [0.1, 0.15) is 5.15 Å². The topological polar surface area (TPSA) is 50.1 Å². The average molecular weight is 218 g/mol. The van der Waals surface area contributed by atoms with E-state index in [4.69, 9.17) is 16.7 Å². The lowest BCUT2D eigenvalue weighted by molar-refractivity contribution is 0.292. The van der Waals surface area contributed by atoms with Gasteiger partial charge in [-0.2, -0.15) is 5.10 Å². The maximum Gasteiger partial charge on any atom is 0.131 e. The summed E-state index contributed by atoms with van der Waals surface area (Å²) in [6.07, 6.45) is 0.872. The molecule has 0 spiro atoms. The van der Waals surface area contributed by atoms with Crippen LogP contribution < -0.4 is 5.32 Å². The zero-order valence-corrected chi connectivity index (χ0v) is 9.30.